The summed E-state index contributed by atoms with van der Waals surface area (Å²) in [6.45, 7) is 4.78. The first-order valence-electron chi connectivity index (χ1n) is 21.7. The molecule has 6 aromatic carbocycles. The Bertz CT molecular complexity index is 2190. The van der Waals surface area contributed by atoms with Crippen molar-refractivity contribution in [1.29, 1.82) is 0 Å². The maximum Gasteiger partial charge on any atom is 2.00 e. The van der Waals surface area contributed by atoms with E-state index in [0.29, 0.717) is 17.4 Å². The number of piperidine rings is 1. The number of benzene rings is 6. The predicted molar refractivity (Wildman–Crippen MR) is 265 cm³/mol. The van der Waals surface area contributed by atoms with Gasteiger partial charge in [0.1, 0.15) is 0 Å². The molecule has 1 saturated heterocycles. The van der Waals surface area contributed by atoms with Gasteiger partial charge in [-0.1, -0.05) is 184 Å². The second-order valence-electron chi connectivity index (χ2n) is 16.1. The van der Waals surface area contributed by atoms with Crippen LogP contribution in [0.25, 0.3) is 0 Å². The summed E-state index contributed by atoms with van der Waals surface area (Å²) in [6.07, 6.45) is 12.5. The number of hydrogen-bond acceptors (Lipinski definition) is 2. The average molecular weight is 1120 g/mol. The number of aryl methyl sites for hydroxylation is 1. The maximum atomic E-state index is 13.1. The number of hydrogen-bond donors (Lipinski definition) is 0. The Kier molecular flexibility index (Phi) is 20.5. The Labute approximate surface area is 397 Å². The molecule has 2 fully saturated rings. The second kappa shape index (κ2) is 25.2. The topological polar surface area (TPSA) is 37.4 Å². The van der Waals surface area contributed by atoms with Crippen molar-refractivity contribution in [1.82, 2.24) is 4.31 Å². The molecule has 8 rings (SSSR count). The molecule has 0 amide bonds. The third-order valence-electron chi connectivity index (χ3n) is 11.9. The van der Waals surface area contributed by atoms with Crippen LogP contribution in [-0.2, 0) is 31.1 Å². The van der Waals surface area contributed by atoms with Crippen molar-refractivity contribution < 1.29 is 46.7 Å². The molecule has 6 aromatic rings. The number of sulfonamides is 1. The summed E-state index contributed by atoms with van der Waals surface area (Å²) < 4.78 is 66.9. The first kappa shape index (κ1) is 52.0. The summed E-state index contributed by atoms with van der Waals surface area (Å²) in [7, 11) is -10.4. The zero-order valence-corrected chi connectivity index (χ0v) is 42.2. The minimum atomic E-state index is -6.00. The van der Waals surface area contributed by atoms with E-state index < -0.39 is 17.3 Å². The third-order valence-corrected chi connectivity index (χ3v) is 22.2. The molecule has 3 nitrogen and oxygen atoms in total. The Morgan fingerprint density at radius 2 is 0.984 bits per heavy atom. The molecule has 2 aliphatic rings. The van der Waals surface area contributed by atoms with E-state index >= 15 is 0 Å². The van der Waals surface area contributed by atoms with Gasteiger partial charge in [-0.25, -0.2) is 8.42 Å². The molecule has 0 N–H and O–H groups in total. The van der Waals surface area contributed by atoms with E-state index in [9.17, 15) is 25.7 Å². The fraction of sp³-hybridized carbons (Fsp3) is 0.275. The molecule has 0 spiro atoms. The van der Waals surface area contributed by atoms with Crippen molar-refractivity contribution in [3.05, 3.63) is 188 Å². The molecule has 0 bridgehead atoms. The van der Waals surface area contributed by atoms with Crippen LogP contribution in [0.15, 0.2) is 181 Å². The minimum absolute atomic E-state index is 0. The van der Waals surface area contributed by atoms with E-state index in [0.717, 1.165) is 37.7 Å². The fourth-order valence-electron chi connectivity index (χ4n) is 8.59. The number of nitrogens with zero attached hydrogens (tertiary/aromatic N) is 1. The quantitative estimate of drug-likeness (QED) is 0.0500. The molecular formula is C51H57BF4NO2P3PtS. The van der Waals surface area contributed by atoms with Gasteiger partial charge in [-0.15, -0.1) is 0 Å². The van der Waals surface area contributed by atoms with Crippen molar-refractivity contribution in [3.63, 3.8) is 0 Å². The molecule has 2 atom stereocenters. The molecule has 13 heteroatoms. The molecule has 1 saturated carbocycles. The molecule has 64 heavy (non-hydrogen) atoms. The first-order valence-corrected chi connectivity index (χ1v) is 27.9. The normalized spacial score (nSPS) is 17.6. The van der Waals surface area contributed by atoms with Gasteiger partial charge in [0.25, 0.3) is 0 Å². The summed E-state index contributed by atoms with van der Waals surface area (Å²) in [5.74, 6) is 0.472. The number of fused-ring (bicyclic) bond motifs is 1. The van der Waals surface area contributed by atoms with Gasteiger partial charge in [-0.3, -0.25) is 0 Å². The predicted octanol–water partition coefficient (Wildman–Crippen LogP) is 11.9. The molecule has 1 aliphatic heterocycles. The van der Waals surface area contributed by atoms with Gasteiger partial charge in [0.15, 0.2) is 0 Å². The Morgan fingerprint density at radius 1 is 0.609 bits per heavy atom. The monoisotopic (exact) mass is 1120 g/mol. The van der Waals surface area contributed by atoms with Gasteiger partial charge in [-0.2, -0.15) is 17.1 Å². The standard InChI is InChI=1S/C34H33P3.C17H24NO2S.BF4.Pt/c1-6-16-30(17-7-1)35(26-28-36(31-18-8-2-9-19-31)32-20-10-3-11-21-32)27-29-37(33-22-12-4-13-23-33)34-24-14-5-15-25-34;1-14-8-10-16(11-9-14)21(19,20)18-13-5-7-15-6-3-4-12-17(15,18)2;2-1(3,4)5;/h1-25H,26-29H2;3,8-11,15H,4-7,12-13H2,1-2H3;;/q;2*-1;+2/t;15-,17+;;/m.1../s1. The molecule has 1 heterocycles. The van der Waals surface area contributed by atoms with Crippen molar-refractivity contribution in [3.8, 4) is 0 Å². The van der Waals surface area contributed by atoms with Crippen molar-refractivity contribution in [2.24, 2.45) is 5.92 Å². The molecular weight excluding hydrogens is 1070 g/mol. The molecule has 340 valence electrons. The van der Waals surface area contributed by atoms with Gasteiger partial charge in [0.05, 0.1) is 4.90 Å². The van der Waals surface area contributed by atoms with Gasteiger partial charge in [0, 0.05) is 12.1 Å². The molecule has 0 unspecified atom stereocenters. The van der Waals surface area contributed by atoms with Crippen LogP contribution < -0.4 is 26.5 Å². The summed E-state index contributed by atoms with van der Waals surface area (Å²) in [6, 6.07) is 63.3. The van der Waals surface area contributed by atoms with Crippen LogP contribution in [0.3, 0.4) is 0 Å². The summed E-state index contributed by atoms with van der Waals surface area (Å²) in [5, 5.41) is 7.50. The Morgan fingerprint density at radius 3 is 1.38 bits per heavy atom. The van der Waals surface area contributed by atoms with Crippen LogP contribution in [0.5, 0.6) is 0 Å². The van der Waals surface area contributed by atoms with E-state index in [4.69, 9.17) is 0 Å². The minimum Gasteiger partial charge on any atom is -0.418 e. The fourth-order valence-corrected chi connectivity index (χ4v) is 19.1. The zero-order chi connectivity index (χ0) is 44.7. The van der Waals surface area contributed by atoms with Crippen molar-refractivity contribution in [2.75, 3.05) is 31.2 Å². The molecule has 0 radical (unpaired) electrons. The van der Waals surface area contributed by atoms with Crippen molar-refractivity contribution in [2.45, 2.75) is 56.4 Å². The van der Waals surface area contributed by atoms with Gasteiger partial charge in [-0.05, 0) is 112 Å². The van der Waals surface area contributed by atoms with Crippen LogP contribution in [0, 0.1) is 19.3 Å². The van der Waals surface area contributed by atoms with Crippen molar-refractivity contribution >= 4 is 67.6 Å². The Hall–Kier alpha value is -3.01. The molecule has 0 aromatic heterocycles. The van der Waals surface area contributed by atoms with E-state index in [2.05, 4.69) is 165 Å². The van der Waals surface area contributed by atoms with E-state index in [-0.39, 0.29) is 50.4 Å². The van der Waals surface area contributed by atoms with Crippen LogP contribution in [0.1, 0.15) is 44.6 Å². The van der Waals surface area contributed by atoms with Crippen LogP contribution >= 0.6 is 23.8 Å². The number of rotatable bonds is 13. The van der Waals surface area contributed by atoms with Crippen LogP contribution in [0.2, 0.25) is 0 Å². The summed E-state index contributed by atoms with van der Waals surface area (Å²) in [4.78, 5) is 0.435. The van der Waals surface area contributed by atoms with E-state index in [1.165, 1.54) is 45.9 Å². The third kappa shape index (κ3) is 15.0. The summed E-state index contributed by atoms with van der Waals surface area (Å²) >= 11 is 0. The smallest absolute Gasteiger partial charge is 0.418 e. The SMILES string of the molecule is Cc1ccc(S(=O)(=O)N2CCC[C@H]3C[CH-]CC[C@@]32C)cc1.F[B-](F)(F)F.[Pt+2].c1ccc(P(CCP(c2ccccc2)c2ccccc2)CCP(c2ccccc2)c2ccccc2)cc1. The zero-order valence-electron chi connectivity index (χ0n) is 36.4. The maximum absolute atomic E-state index is 13.1. The van der Waals surface area contributed by atoms with Crippen LogP contribution in [-0.4, -0.2) is 56.7 Å². The van der Waals surface area contributed by atoms with Gasteiger partial charge < -0.3 is 23.7 Å². The van der Waals surface area contributed by atoms with Gasteiger partial charge >= 0.3 is 28.3 Å². The van der Waals surface area contributed by atoms with Crippen LogP contribution in [0.4, 0.5) is 17.3 Å². The van der Waals surface area contributed by atoms with E-state index in [1.807, 2.05) is 19.1 Å². The Balaban J connectivity index is 0.000000240. The second-order valence-corrected chi connectivity index (χ2v) is 25.1. The largest absolute Gasteiger partial charge is 2.00 e. The molecule has 1 aliphatic carbocycles. The number of halogens is 4. The first-order chi connectivity index (χ1) is 30.3. The van der Waals surface area contributed by atoms with Gasteiger partial charge in [0.2, 0.25) is 10.0 Å². The van der Waals surface area contributed by atoms with E-state index in [1.54, 1.807) is 21.7 Å². The average Bonchev–Trinajstić information content (AvgIpc) is 3.29. The summed E-state index contributed by atoms with van der Waals surface area (Å²) in [5.41, 5.74) is 0.875.